The summed E-state index contributed by atoms with van der Waals surface area (Å²) in [6.45, 7) is 18.6. The molecule has 1 N–H and O–H groups in total. The van der Waals surface area contributed by atoms with Crippen molar-refractivity contribution in [3.8, 4) is 5.88 Å². The Morgan fingerprint density at radius 1 is 0.944 bits per heavy atom. The number of hydrogen-bond acceptors (Lipinski definition) is 10. The maximum absolute atomic E-state index is 14.6. The maximum atomic E-state index is 14.6. The molecular formula is C40H57FN6O7. The van der Waals surface area contributed by atoms with Gasteiger partial charge in [-0.05, 0) is 90.6 Å². The number of pyridine rings is 1. The van der Waals surface area contributed by atoms with Crippen molar-refractivity contribution in [1.82, 2.24) is 25.0 Å². The van der Waals surface area contributed by atoms with Crippen LogP contribution in [0.3, 0.4) is 0 Å². The Morgan fingerprint density at radius 3 is 2.33 bits per heavy atom. The summed E-state index contributed by atoms with van der Waals surface area (Å²) in [5, 5.41) is 3.02. The number of aromatic nitrogens is 1. The van der Waals surface area contributed by atoms with Crippen molar-refractivity contribution < 1.29 is 37.7 Å². The Hall–Kier alpha value is -3.85. The highest BCUT2D eigenvalue weighted by Crippen LogP contribution is 2.36. The number of morpholine rings is 1. The molecule has 0 saturated carbocycles. The van der Waals surface area contributed by atoms with E-state index in [4.69, 9.17) is 23.9 Å². The van der Waals surface area contributed by atoms with E-state index in [0.29, 0.717) is 70.3 Å². The first kappa shape index (κ1) is 39.8. The molecule has 3 fully saturated rings. The molecule has 54 heavy (non-hydrogen) atoms. The van der Waals surface area contributed by atoms with Crippen LogP contribution in [0.15, 0.2) is 30.3 Å². The van der Waals surface area contributed by atoms with E-state index in [9.17, 15) is 18.8 Å². The molecule has 296 valence electrons. The lowest BCUT2D eigenvalue weighted by Gasteiger charge is -2.49. The largest absolute Gasteiger partial charge is 0.474 e. The van der Waals surface area contributed by atoms with E-state index in [2.05, 4.69) is 29.0 Å². The number of nitrogens with zero attached hydrogens (tertiary/aromatic N) is 5. The molecule has 4 aliphatic heterocycles. The van der Waals surface area contributed by atoms with Crippen LogP contribution >= 0.6 is 0 Å². The van der Waals surface area contributed by atoms with Crippen LogP contribution in [-0.2, 0) is 25.4 Å². The molecule has 4 aliphatic rings. The molecule has 13 nitrogen and oxygen atoms in total. The van der Waals surface area contributed by atoms with Crippen molar-refractivity contribution in [2.75, 3.05) is 70.7 Å². The Bertz CT molecular complexity index is 1640. The summed E-state index contributed by atoms with van der Waals surface area (Å²) in [6.07, 6.45) is 0.813. The van der Waals surface area contributed by atoms with Gasteiger partial charge in [0.25, 0.3) is 5.91 Å². The molecule has 3 amide bonds. The van der Waals surface area contributed by atoms with Crippen LogP contribution in [0.2, 0.25) is 0 Å². The molecule has 6 atom stereocenters. The van der Waals surface area contributed by atoms with Crippen molar-refractivity contribution >= 4 is 23.6 Å². The fourth-order valence-electron chi connectivity index (χ4n) is 7.85. The van der Waals surface area contributed by atoms with Crippen molar-refractivity contribution in [1.29, 1.82) is 0 Å². The van der Waals surface area contributed by atoms with E-state index in [0.717, 1.165) is 12.0 Å². The minimum absolute atomic E-state index is 0.104. The SMILES string of the molecule is C[C@@H]1CN(CC(=O)N2c3cc(Cc4ccc(F)cc4)c(C(=O)NC[C@H]4CCOC4)nc3OC[C@@H]2C)[C@@H](CN2[C@H](C)COC[C@H]2C)CN1C(=O)OC(C)(C)C. The molecule has 0 radical (unpaired) electrons. The predicted octanol–water partition coefficient (Wildman–Crippen LogP) is 4.11. The Labute approximate surface area is 318 Å². The fraction of sp³-hybridized carbons (Fsp3) is 0.650. The van der Waals surface area contributed by atoms with Gasteiger partial charge in [-0.2, -0.15) is 0 Å². The summed E-state index contributed by atoms with van der Waals surface area (Å²) in [4.78, 5) is 54.5. The van der Waals surface area contributed by atoms with Crippen LogP contribution < -0.4 is 15.0 Å². The molecule has 1 aromatic carbocycles. The third-order valence-electron chi connectivity index (χ3n) is 10.8. The summed E-state index contributed by atoms with van der Waals surface area (Å²) in [6, 6.07) is 7.66. The van der Waals surface area contributed by atoms with Crippen LogP contribution in [0.4, 0.5) is 14.9 Å². The topological polar surface area (TPSA) is 126 Å². The second-order valence-corrected chi connectivity index (χ2v) is 16.5. The van der Waals surface area contributed by atoms with Crippen molar-refractivity contribution in [3.05, 3.63) is 53.0 Å². The number of fused-ring (bicyclic) bond motifs is 1. The number of nitrogens with one attached hydrogen (secondary N) is 1. The summed E-state index contributed by atoms with van der Waals surface area (Å²) < 4.78 is 37.0. The zero-order valence-electron chi connectivity index (χ0n) is 32.8. The molecule has 6 rings (SSSR count). The lowest BCUT2D eigenvalue weighted by molar-refractivity contribution is -0.123. The summed E-state index contributed by atoms with van der Waals surface area (Å²) in [5.41, 5.74) is 1.46. The number of carbonyl (C=O) groups is 3. The minimum atomic E-state index is -0.637. The first-order valence-electron chi connectivity index (χ1n) is 19.3. The van der Waals surface area contributed by atoms with E-state index in [-0.39, 0.29) is 84.6 Å². The van der Waals surface area contributed by atoms with E-state index in [1.807, 2.05) is 40.7 Å². The highest BCUT2D eigenvalue weighted by atomic mass is 19.1. The third-order valence-corrected chi connectivity index (χ3v) is 10.8. The summed E-state index contributed by atoms with van der Waals surface area (Å²) >= 11 is 0. The summed E-state index contributed by atoms with van der Waals surface area (Å²) in [5.74, 6) is -0.381. The van der Waals surface area contributed by atoms with Gasteiger partial charge in [0, 0.05) is 62.9 Å². The molecule has 0 spiro atoms. The van der Waals surface area contributed by atoms with Gasteiger partial charge in [0.05, 0.1) is 32.4 Å². The van der Waals surface area contributed by atoms with E-state index in [1.165, 1.54) is 12.1 Å². The van der Waals surface area contributed by atoms with Crippen LogP contribution in [0.5, 0.6) is 5.88 Å². The molecule has 3 saturated heterocycles. The van der Waals surface area contributed by atoms with Crippen LogP contribution in [-0.4, -0.2) is 139 Å². The molecule has 0 bridgehead atoms. The lowest BCUT2D eigenvalue weighted by atomic mass is 10.0. The number of amides is 3. The van der Waals surface area contributed by atoms with Gasteiger partial charge in [-0.25, -0.2) is 14.2 Å². The predicted molar refractivity (Wildman–Crippen MR) is 201 cm³/mol. The Balaban J connectivity index is 1.28. The number of halogens is 1. The van der Waals surface area contributed by atoms with Crippen molar-refractivity contribution in [3.63, 3.8) is 0 Å². The Morgan fingerprint density at radius 2 is 1.67 bits per heavy atom. The number of anilines is 1. The summed E-state index contributed by atoms with van der Waals surface area (Å²) in [7, 11) is 0. The normalized spacial score (nSPS) is 26.6. The quantitative estimate of drug-likeness (QED) is 0.400. The monoisotopic (exact) mass is 752 g/mol. The maximum Gasteiger partial charge on any atom is 0.410 e. The van der Waals surface area contributed by atoms with E-state index < -0.39 is 5.60 Å². The zero-order valence-corrected chi connectivity index (χ0v) is 32.8. The molecule has 5 heterocycles. The number of hydrogen-bond donors (Lipinski definition) is 1. The molecule has 1 aromatic heterocycles. The molecule has 0 unspecified atom stereocenters. The van der Waals surface area contributed by atoms with Crippen molar-refractivity contribution in [2.45, 2.75) is 97.1 Å². The van der Waals surface area contributed by atoms with E-state index >= 15 is 0 Å². The van der Waals surface area contributed by atoms with Crippen LogP contribution in [0.25, 0.3) is 0 Å². The van der Waals surface area contributed by atoms with Crippen LogP contribution in [0, 0.1) is 11.7 Å². The molecule has 2 aromatic rings. The first-order chi connectivity index (χ1) is 25.7. The first-order valence-corrected chi connectivity index (χ1v) is 19.3. The Kier molecular flexibility index (Phi) is 12.5. The zero-order chi connectivity index (χ0) is 38.7. The molecular weight excluding hydrogens is 695 g/mol. The average Bonchev–Trinajstić information content (AvgIpc) is 3.63. The van der Waals surface area contributed by atoms with Gasteiger partial charge in [-0.3, -0.25) is 19.4 Å². The van der Waals surface area contributed by atoms with Crippen molar-refractivity contribution in [2.24, 2.45) is 5.92 Å². The second kappa shape index (κ2) is 16.9. The van der Waals surface area contributed by atoms with Gasteiger partial charge in [0.2, 0.25) is 11.8 Å². The number of carbonyl (C=O) groups excluding carboxylic acids is 3. The minimum Gasteiger partial charge on any atom is -0.474 e. The van der Waals surface area contributed by atoms with Crippen LogP contribution in [0.1, 0.15) is 76.5 Å². The average molecular weight is 753 g/mol. The standard InChI is InChI=1S/C40H57FN6O7/c1-25-17-44(33(18-45-26(2)21-52-22-27(45)3)19-46(25)39(50)54-40(5,6)7)20-35(48)47-28(4)23-53-38-34(47)15-31(14-29-8-10-32(41)11-9-29)36(43-38)37(49)42-16-30-12-13-51-24-30/h8-11,15,25-28,30,33H,12-14,16-24H2,1-7H3,(H,42,49)/t25-,26-,27-,28+,30-,33+/m1/s1. The van der Waals surface area contributed by atoms with Gasteiger partial charge < -0.3 is 34.1 Å². The molecule has 0 aliphatic carbocycles. The number of rotatable bonds is 9. The van der Waals surface area contributed by atoms with Gasteiger partial charge in [-0.1, -0.05) is 12.1 Å². The van der Waals surface area contributed by atoms with E-state index in [1.54, 1.807) is 21.9 Å². The third kappa shape index (κ3) is 9.50. The van der Waals surface area contributed by atoms with Gasteiger partial charge in [-0.15, -0.1) is 0 Å². The highest BCUT2D eigenvalue weighted by Gasteiger charge is 2.41. The fourth-order valence-corrected chi connectivity index (χ4v) is 7.85. The second-order valence-electron chi connectivity index (χ2n) is 16.5. The number of piperazine rings is 1. The van der Waals surface area contributed by atoms with Gasteiger partial charge >= 0.3 is 6.09 Å². The number of benzene rings is 1. The lowest BCUT2D eigenvalue weighted by Crippen LogP contribution is -2.65. The van der Waals surface area contributed by atoms with Gasteiger partial charge in [0.15, 0.2) is 0 Å². The highest BCUT2D eigenvalue weighted by molar-refractivity contribution is 5.99. The number of ether oxygens (including phenoxy) is 4. The smallest absolute Gasteiger partial charge is 0.410 e. The molecule has 14 heteroatoms. The van der Waals surface area contributed by atoms with Gasteiger partial charge in [0.1, 0.15) is 29.4 Å².